The van der Waals surface area contributed by atoms with Crippen LogP contribution in [0.1, 0.15) is 6.92 Å². The van der Waals surface area contributed by atoms with Crippen molar-refractivity contribution >= 4 is 0 Å². The van der Waals surface area contributed by atoms with Gasteiger partial charge in [-0.25, -0.2) is 0 Å². The molecule has 0 aromatic rings. The second-order valence-electron chi connectivity index (χ2n) is 0.922. The highest BCUT2D eigenvalue weighted by Gasteiger charge is 1.57. The van der Waals surface area contributed by atoms with Crippen LogP contribution in [0.25, 0.3) is 0 Å². The van der Waals surface area contributed by atoms with Gasteiger partial charge in [0.15, 0.2) is 0 Å². The molecule has 0 fully saturated rings. The molecule has 0 aliphatic rings. The molecule has 0 radical (unpaired) electrons. The predicted molar refractivity (Wildman–Crippen MR) is 28.7 cm³/mol. The van der Waals surface area contributed by atoms with Gasteiger partial charge < -0.3 is 5.73 Å². The molecule has 2 N–H and O–H groups in total. The topological polar surface area (TPSA) is 50.7 Å². The minimum atomic E-state index is 0.268. The predicted octanol–water partition coefficient (Wildman–Crippen LogP) is 0.888. The number of hydrogen-bond acceptors (Lipinski definition) is 3. The zero-order chi connectivity index (χ0) is 5.54. The average molecular weight is 99.1 g/mol. The molecule has 0 saturated heterocycles. The highest BCUT2D eigenvalue weighted by Crippen LogP contribution is 1.72. The van der Waals surface area contributed by atoms with E-state index in [2.05, 4.69) is 10.2 Å². The number of azo groups is 1. The molecule has 0 spiro atoms. The van der Waals surface area contributed by atoms with Crippen molar-refractivity contribution in [3.63, 3.8) is 0 Å². The van der Waals surface area contributed by atoms with Gasteiger partial charge in [-0.2, -0.15) is 10.2 Å². The van der Waals surface area contributed by atoms with Crippen LogP contribution < -0.4 is 5.73 Å². The third-order valence-corrected chi connectivity index (χ3v) is 0.379. The van der Waals surface area contributed by atoms with E-state index in [1.807, 2.05) is 6.92 Å². The molecule has 0 atom stereocenters. The first-order valence-electron chi connectivity index (χ1n) is 2.09. The fourth-order valence-corrected chi connectivity index (χ4v) is 0.161. The molecular weight excluding hydrogens is 90.1 g/mol. The zero-order valence-electron chi connectivity index (χ0n) is 4.33. The highest BCUT2D eigenvalue weighted by molar-refractivity contribution is 4.70. The van der Waals surface area contributed by atoms with E-state index < -0.39 is 0 Å². The largest absolute Gasteiger partial charge is 0.311 e. The molecule has 0 aliphatic heterocycles. The lowest BCUT2D eigenvalue weighted by molar-refractivity contribution is 0.963. The molecule has 7 heavy (non-hydrogen) atoms. The van der Waals surface area contributed by atoms with Crippen molar-refractivity contribution < 1.29 is 0 Å². The smallest absolute Gasteiger partial charge is 0.108 e. The molecule has 0 aromatic carbocycles. The Labute approximate surface area is 42.9 Å². The molecule has 3 nitrogen and oxygen atoms in total. The van der Waals surface area contributed by atoms with Crippen molar-refractivity contribution in [2.75, 3.05) is 6.67 Å². The zero-order valence-corrected chi connectivity index (χ0v) is 4.33. The van der Waals surface area contributed by atoms with Crippen LogP contribution in [-0.2, 0) is 0 Å². The van der Waals surface area contributed by atoms with Crippen molar-refractivity contribution in [2.24, 2.45) is 16.0 Å². The van der Waals surface area contributed by atoms with Crippen molar-refractivity contribution in [2.45, 2.75) is 6.92 Å². The first-order valence-corrected chi connectivity index (χ1v) is 2.09. The van der Waals surface area contributed by atoms with E-state index in [0.29, 0.717) is 0 Å². The molecule has 3 heteroatoms. The summed E-state index contributed by atoms with van der Waals surface area (Å²) in [7, 11) is 0. The first-order chi connectivity index (χ1) is 3.41. The SMILES string of the molecule is C/C=C\N=N/CN. The van der Waals surface area contributed by atoms with E-state index >= 15 is 0 Å². The Hall–Kier alpha value is -0.700. The highest BCUT2D eigenvalue weighted by atomic mass is 15.1. The van der Waals surface area contributed by atoms with Gasteiger partial charge in [-0.3, -0.25) is 0 Å². The first kappa shape index (κ1) is 6.30. The van der Waals surface area contributed by atoms with Gasteiger partial charge in [-0.15, -0.1) is 0 Å². The molecule has 0 aromatic heterocycles. The molecule has 0 rings (SSSR count). The van der Waals surface area contributed by atoms with Crippen molar-refractivity contribution in [3.8, 4) is 0 Å². The van der Waals surface area contributed by atoms with Crippen molar-refractivity contribution in [1.29, 1.82) is 0 Å². The Morgan fingerprint density at radius 3 is 2.86 bits per heavy atom. The van der Waals surface area contributed by atoms with Crippen molar-refractivity contribution in [1.82, 2.24) is 0 Å². The van der Waals surface area contributed by atoms with Gasteiger partial charge in [0, 0.05) is 6.20 Å². The fourth-order valence-electron chi connectivity index (χ4n) is 0.161. The Bertz CT molecular complexity index is 75.0. The van der Waals surface area contributed by atoms with Crippen LogP contribution in [0.15, 0.2) is 22.5 Å². The van der Waals surface area contributed by atoms with Crippen LogP contribution in [0.5, 0.6) is 0 Å². The molecule has 40 valence electrons. The molecule has 0 bridgehead atoms. The summed E-state index contributed by atoms with van der Waals surface area (Å²) < 4.78 is 0. The summed E-state index contributed by atoms with van der Waals surface area (Å²) in [5.41, 5.74) is 4.97. The Balaban J connectivity index is 3.09. The second kappa shape index (κ2) is 5.30. The monoisotopic (exact) mass is 99.1 g/mol. The summed E-state index contributed by atoms with van der Waals surface area (Å²) in [5.74, 6) is 0. The van der Waals surface area contributed by atoms with E-state index in [9.17, 15) is 0 Å². The maximum Gasteiger partial charge on any atom is 0.108 e. The molecule has 0 heterocycles. The lowest BCUT2D eigenvalue weighted by Gasteiger charge is -1.72. The molecule has 0 saturated carbocycles. The maximum absolute atomic E-state index is 4.97. The normalized spacial score (nSPS) is 11.7. The van der Waals surface area contributed by atoms with Crippen LogP contribution in [0.3, 0.4) is 0 Å². The number of allylic oxidation sites excluding steroid dienone is 1. The van der Waals surface area contributed by atoms with E-state index in [0.717, 1.165) is 0 Å². The molecule has 0 aliphatic carbocycles. The van der Waals surface area contributed by atoms with Crippen LogP contribution in [-0.4, -0.2) is 6.67 Å². The summed E-state index contributed by atoms with van der Waals surface area (Å²) in [6.45, 7) is 2.14. The van der Waals surface area contributed by atoms with E-state index in [-0.39, 0.29) is 6.67 Å². The molecule has 0 amide bonds. The summed E-state index contributed by atoms with van der Waals surface area (Å²) >= 11 is 0. The number of nitrogens with zero attached hydrogens (tertiary/aromatic N) is 2. The van der Waals surface area contributed by atoms with Crippen molar-refractivity contribution in [3.05, 3.63) is 12.3 Å². The molecule has 0 unspecified atom stereocenters. The van der Waals surface area contributed by atoms with E-state index in [1.54, 1.807) is 12.3 Å². The Kier molecular flexibility index (Phi) is 4.77. The quantitative estimate of drug-likeness (QED) is 0.513. The Morgan fingerprint density at radius 2 is 2.43 bits per heavy atom. The van der Waals surface area contributed by atoms with Crippen LogP contribution in [0.4, 0.5) is 0 Å². The van der Waals surface area contributed by atoms with Gasteiger partial charge in [-0.05, 0) is 6.92 Å². The standard InChI is InChI=1S/C4H9N3/c1-2-3-6-7-4-5/h2-3H,4-5H2,1H3/b3-2-,7-6-. The van der Waals surface area contributed by atoms with Gasteiger partial charge in [-0.1, -0.05) is 6.08 Å². The van der Waals surface area contributed by atoms with Crippen LogP contribution >= 0.6 is 0 Å². The average Bonchev–Trinajstić information content (AvgIpc) is 1.69. The summed E-state index contributed by atoms with van der Waals surface area (Å²) in [6.07, 6.45) is 3.38. The minimum absolute atomic E-state index is 0.268. The second-order valence-corrected chi connectivity index (χ2v) is 0.922. The minimum Gasteiger partial charge on any atom is -0.311 e. The van der Waals surface area contributed by atoms with Crippen LogP contribution in [0, 0.1) is 0 Å². The number of rotatable bonds is 2. The van der Waals surface area contributed by atoms with E-state index in [1.165, 1.54) is 0 Å². The summed E-state index contributed by atoms with van der Waals surface area (Å²) in [4.78, 5) is 0. The fraction of sp³-hybridized carbons (Fsp3) is 0.500. The van der Waals surface area contributed by atoms with Gasteiger partial charge in [0.2, 0.25) is 0 Å². The summed E-state index contributed by atoms with van der Waals surface area (Å²) in [5, 5.41) is 7.01. The lowest BCUT2D eigenvalue weighted by Crippen LogP contribution is -1.90. The van der Waals surface area contributed by atoms with Crippen LogP contribution in [0.2, 0.25) is 0 Å². The maximum atomic E-state index is 4.97. The summed E-state index contributed by atoms with van der Waals surface area (Å²) in [6, 6.07) is 0. The Morgan fingerprint density at radius 1 is 1.71 bits per heavy atom. The lowest BCUT2D eigenvalue weighted by atomic mass is 10.7. The number of hydrogen-bond donors (Lipinski definition) is 1. The van der Waals surface area contributed by atoms with Gasteiger partial charge >= 0.3 is 0 Å². The number of nitrogens with two attached hydrogens (primary N) is 1. The van der Waals surface area contributed by atoms with Gasteiger partial charge in [0.1, 0.15) is 6.67 Å². The van der Waals surface area contributed by atoms with Gasteiger partial charge in [0.25, 0.3) is 0 Å². The third-order valence-electron chi connectivity index (χ3n) is 0.379. The van der Waals surface area contributed by atoms with E-state index in [4.69, 9.17) is 5.73 Å². The molecular formula is C4H9N3. The third kappa shape index (κ3) is 5.30. The van der Waals surface area contributed by atoms with Gasteiger partial charge in [0.05, 0.1) is 0 Å².